The van der Waals surface area contributed by atoms with Gasteiger partial charge >= 0.3 is 0 Å². The largest absolute Gasteiger partial charge is 0.371 e. The third-order valence-corrected chi connectivity index (χ3v) is 12.6. The lowest BCUT2D eigenvalue weighted by Gasteiger charge is -2.71. The van der Waals surface area contributed by atoms with Crippen LogP contribution in [0.15, 0.2) is 11.6 Å². The first-order valence-corrected chi connectivity index (χ1v) is 13.6. The van der Waals surface area contributed by atoms with Crippen molar-refractivity contribution in [3.8, 4) is 0 Å². The molecule has 0 aromatic carbocycles. The van der Waals surface area contributed by atoms with E-state index in [0.717, 1.165) is 11.8 Å². The lowest BCUT2D eigenvalue weighted by Crippen LogP contribution is -2.68. The van der Waals surface area contributed by atoms with Gasteiger partial charge in [-0.05, 0) is 125 Å². The quantitative estimate of drug-likeness (QED) is 0.410. The second-order valence-electron chi connectivity index (χ2n) is 14.7. The molecule has 176 valence electrons. The van der Waals surface area contributed by atoms with E-state index < -0.39 is 0 Å². The first-order valence-electron chi connectivity index (χ1n) is 13.6. The zero-order chi connectivity index (χ0) is 22.5. The van der Waals surface area contributed by atoms with Gasteiger partial charge in [0.25, 0.3) is 0 Å². The standard InChI is InChI=1S/C30H50O/c1-21(2)10-9-14-26(5)16-18-28(7)23-12-11-22-25(3,4)24-13-15-29(8,31-24)30(22,23)19-17-27(28,6)20-26/h10,22-24H,9,11-20H2,1-8H3. The van der Waals surface area contributed by atoms with E-state index in [1.807, 2.05) is 0 Å². The summed E-state index contributed by atoms with van der Waals surface area (Å²) in [5.74, 6) is 1.72. The second-order valence-corrected chi connectivity index (χ2v) is 14.7. The van der Waals surface area contributed by atoms with Gasteiger partial charge in [0.05, 0.1) is 11.7 Å². The van der Waals surface area contributed by atoms with Gasteiger partial charge < -0.3 is 4.74 Å². The first kappa shape index (κ1) is 22.5. The van der Waals surface area contributed by atoms with Gasteiger partial charge in [0, 0.05) is 5.41 Å². The van der Waals surface area contributed by atoms with Gasteiger partial charge in [0.2, 0.25) is 0 Å². The van der Waals surface area contributed by atoms with Crippen LogP contribution in [0.4, 0.5) is 0 Å². The fraction of sp³-hybridized carbons (Fsp3) is 0.933. The molecule has 5 aliphatic rings. The lowest BCUT2D eigenvalue weighted by atomic mass is 9.36. The normalized spacial score (nSPS) is 54.6. The summed E-state index contributed by atoms with van der Waals surface area (Å²) in [6.45, 7) is 20.2. The highest BCUT2D eigenvalue weighted by Crippen LogP contribution is 2.80. The number of hydrogen-bond donors (Lipinski definition) is 0. The van der Waals surface area contributed by atoms with E-state index in [1.165, 1.54) is 76.2 Å². The molecule has 0 aromatic rings. The minimum atomic E-state index is 0.132. The molecule has 2 heterocycles. The monoisotopic (exact) mass is 426 g/mol. The molecule has 1 spiro atoms. The summed E-state index contributed by atoms with van der Waals surface area (Å²) in [5, 5.41) is 0. The predicted molar refractivity (Wildman–Crippen MR) is 131 cm³/mol. The molecule has 8 unspecified atom stereocenters. The third-order valence-electron chi connectivity index (χ3n) is 12.6. The fourth-order valence-electron chi connectivity index (χ4n) is 10.8. The molecule has 0 N–H and O–H groups in total. The highest BCUT2D eigenvalue weighted by Gasteiger charge is 2.76. The van der Waals surface area contributed by atoms with Crippen LogP contribution in [0.3, 0.4) is 0 Å². The van der Waals surface area contributed by atoms with E-state index in [-0.39, 0.29) is 5.60 Å². The minimum absolute atomic E-state index is 0.132. The van der Waals surface area contributed by atoms with Crippen molar-refractivity contribution < 1.29 is 4.74 Å². The Hall–Kier alpha value is -0.300. The zero-order valence-electron chi connectivity index (χ0n) is 22.0. The summed E-state index contributed by atoms with van der Waals surface area (Å²) < 4.78 is 7.04. The number of hydrogen-bond acceptors (Lipinski definition) is 1. The molecule has 31 heavy (non-hydrogen) atoms. The maximum absolute atomic E-state index is 7.04. The SMILES string of the molecule is CC(C)=CCCC1(C)CCC2(C)C3CCC4C(C)(C)C5CCC(C)(O5)C43CCC2(C)C1. The molecule has 2 bridgehead atoms. The summed E-state index contributed by atoms with van der Waals surface area (Å²) >= 11 is 0. The average Bonchev–Trinajstić information content (AvgIpc) is 3.26. The van der Waals surface area contributed by atoms with Crippen molar-refractivity contribution in [2.24, 2.45) is 38.9 Å². The predicted octanol–water partition coefficient (Wildman–Crippen LogP) is 8.72. The van der Waals surface area contributed by atoms with Crippen LogP contribution in [0.25, 0.3) is 0 Å². The average molecular weight is 427 g/mol. The molecule has 1 heteroatoms. The van der Waals surface area contributed by atoms with Crippen LogP contribution in [-0.4, -0.2) is 11.7 Å². The maximum Gasteiger partial charge on any atom is 0.0721 e. The Morgan fingerprint density at radius 1 is 0.839 bits per heavy atom. The lowest BCUT2D eigenvalue weighted by molar-refractivity contribution is -0.287. The minimum Gasteiger partial charge on any atom is -0.371 e. The van der Waals surface area contributed by atoms with Crippen LogP contribution in [0, 0.1) is 38.9 Å². The molecule has 5 rings (SSSR count). The van der Waals surface area contributed by atoms with Crippen LogP contribution in [-0.2, 0) is 4.74 Å². The summed E-state index contributed by atoms with van der Waals surface area (Å²) in [7, 11) is 0. The van der Waals surface area contributed by atoms with Gasteiger partial charge in [-0.2, -0.15) is 0 Å². The van der Waals surface area contributed by atoms with E-state index in [1.54, 1.807) is 0 Å². The van der Waals surface area contributed by atoms with E-state index in [9.17, 15) is 0 Å². The summed E-state index contributed by atoms with van der Waals surface area (Å²) in [4.78, 5) is 0. The van der Waals surface area contributed by atoms with Crippen molar-refractivity contribution in [3.05, 3.63) is 11.6 Å². The van der Waals surface area contributed by atoms with Crippen molar-refractivity contribution in [2.75, 3.05) is 0 Å². The molecule has 3 aliphatic carbocycles. The Bertz CT molecular complexity index is 775. The molecular formula is C30H50O. The molecule has 2 saturated heterocycles. The van der Waals surface area contributed by atoms with E-state index in [0.29, 0.717) is 33.2 Å². The molecule has 3 saturated carbocycles. The van der Waals surface area contributed by atoms with Crippen molar-refractivity contribution in [1.82, 2.24) is 0 Å². The van der Waals surface area contributed by atoms with Crippen LogP contribution in [0.2, 0.25) is 0 Å². The van der Waals surface area contributed by atoms with Gasteiger partial charge in [0.1, 0.15) is 0 Å². The van der Waals surface area contributed by atoms with Crippen molar-refractivity contribution in [1.29, 1.82) is 0 Å². The molecule has 1 nitrogen and oxygen atoms in total. The first-order chi connectivity index (χ1) is 14.3. The van der Waals surface area contributed by atoms with Gasteiger partial charge in [-0.15, -0.1) is 0 Å². The van der Waals surface area contributed by atoms with Crippen molar-refractivity contribution in [3.63, 3.8) is 0 Å². The topological polar surface area (TPSA) is 9.23 Å². The Balaban J connectivity index is 1.48. The molecule has 8 atom stereocenters. The number of allylic oxidation sites excluding steroid dienone is 2. The van der Waals surface area contributed by atoms with E-state index in [2.05, 4.69) is 61.5 Å². The molecule has 5 fully saturated rings. The van der Waals surface area contributed by atoms with Gasteiger partial charge in [-0.25, -0.2) is 0 Å². The van der Waals surface area contributed by atoms with E-state index >= 15 is 0 Å². The number of rotatable bonds is 3. The number of ether oxygens (including phenoxy) is 1. The smallest absolute Gasteiger partial charge is 0.0721 e. The molecule has 0 amide bonds. The molecule has 0 aromatic heterocycles. The second kappa shape index (κ2) is 6.64. The highest BCUT2D eigenvalue weighted by atomic mass is 16.5. The molecule has 0 radical (unpaired) electrons. The van der Waals surface area contributed by atoms with Gasteiger partial charge in [-0.1, -0.05) is 46.3 Å². The fourth-order valence-corrected chi connectivity index (χ4v) is 10.8. The Morgan fingerprint density at radius 3 is 2.26 bits per heavy atom. The van der Waals surface area contributed by atoms with Crippen molar-refractivity contribution in [2.45, 2.75) is 138 Å². The number of fused-ring (bicyclic) bond motifs is 4. The third kappa shape index (κ3) is 2.77. The maximum atomic E-state index is 7.04. The van der Waals surface area contributed by atoms with E-state index in [4.69, 9.17) is 4.74 Å². The Morgan fingerprint density at radius 2 is 1.55 bits per heavy atom. The van der Waals surface area contributed by atoms with Gasteiger partial charge in [-0.3, -0.25) is 0 Å². The summed E-state index contributed by atoms with van der Waals surface area (Å²) in [6.07, 6.45) is 18.3. The van der Waals surface area contributed by atoms with Crippen LogP contribution >= 0.6 is 0 Å². The van der Waals surface area contributed by atoms with Crippen LogP contribution < -0.4 is 0 Å². The van der Waals surface area contributed by atoms with Crippen LogP contribution in [0.1, 0.15) is 126 Å². The summed E-state index contributed by atoms with van der Waals surface area (Å²) in [6, 6.07) is 0. The van der Waals surface area contributed by atoms with Gasteiger partial charge in [0.15, 0.2) is 0 Å². The van der Waals surface area contributed by atoms with Crippen LogP contribution in [0.5, 0.6) is 0 Å². The summed E-state index contributed by atoms with van der Waals surface area (Å²) in [5.41, 5.74) is 3.88. The Kier molecular flexibility index (Phi) is 4.82. The zero-order valence-corrected chi connectivity index (χ0v) is 22.0. The molecular weight excluding hydrogens is 376 g/mol. The molecule has 2 aliphatic heterocycles. The highest BCUT2D eigenvalue weighted by molar-refractivity contribution is 5.25. The van der Waals surface area contributed by atoms with Crippen molar-refractivity contribution >= 4 is 0 Å². The Labute approximate surface area is 193 Å².